The molecule has 20 heavy (non-hydrogen) atoms. The smallest absolute Gasteiger partial charge is 0.391 e. The van der Waals surface area contributed by atoms with Gasteiger partial charge in [-0.05, 0) is 38.0 Å². The molecule has 116 valence electrons. The third kappa shape index (κ3) is 3.65. The van der Waals surface area contributed by atoms with Gasteiger partial charge in [-0.3, -0.25) is 4.79 Å². The summed E-state index contributed by atoms with van der Waals surface area (Å²) < 4.78 is 38.3. The maximum Gasteiger partial charge on any atom is 0.391 e. The zero-order valence-corrected chi connectivity index (χ0v) is 11.5. The van der Waals surface area contributed by atoms with Gasteiger partial charge < -0.3 is 10.0 Å². The van der Waals surface area contributed by atoms with E-state index >= 15 is 0 Å². The third-order valence-electron chi connectivity index (χ3n) is 4.58. The fraction of sp³-hybridized carbons (Fsp3) is 0.929. The molecule has 0 radical (unpaired) electrons. The predicted octanol–water partition coefficient (Wildman–Crippen LogP) is 2.59. The molecular formula is C14H22F3NO2. The third-order valence-corrected chi connectivity index (χ3v) is 4.58. The molecule has 6 heteroatoms. The van der Waals surface area contributed by atoms with Crippen LogP contribution in [-0.4, -0.2) is 41.8 Å². The van der Waals surface area contributed by atoms with Gasteiger partial charge in [0.2, 0.25) is 5.91 Å². The van der Waals surface area contributed by atoms with Crippen molar-refractivity contribution < 1.29 is 23.1 Å². The molecule has 0 spiro atoms. The number of piperidine rings is 1. The average molecular weight is 293 g/mol. The summed E-state index contributed by atoms with van der Waals surface area (Å²) in [6, 6.07) is 0. The number of hydrogen-bond donors (Lipinski definition) is 1. The van der Waals surface area contributed by atoms with E-state index in [1.54, 1.807) is 4.90 Å². The SMILES string of the molecule is O=C(C1CCCC(C(F)(F)F)C1)N1CCCC(CO)C1. The van der Waals surface area contributed by atoms with Gasteiger partial charge in [0.1, 0.15) is 0 Å². The van der Waals surface area contributed by atoms with Crippen LogP contribution in [0.2, 0.25) is 0 Å². The molecule has 2 rings (SSSR count). The summed E-state index contributed by atoms with van der Waals surface area (Å²) in [5, 5.41) is 9.16. The van der Waals surface area contributed by atoms with Crippen LogP contribution in [0.3, 0.4) is 0 Å². The van der Waals surface area contributed by atoms with Crippen molar-refractivity contribution in [3.8, 4) is 0 Å². The lowest BCUT2D eigenvalue weighted by atomic mass is 9.80. The van der Waals surface area contributed by atoms with Crippen LogP contribution in [0.4, 0.5) is 13.2 Å². The van der Waals surface area contributed by atoms with Gasteiger partial charge in [0.25, 0.3) is 0 Å². The highest BCUT2D eigenvalue weighted by Gasteiger charge is 2.44. The van der Waals surface area contributed by atoms with Gasteiger partial charge in [-0.25, -0.2) is 0 Å². The summed E-state index contributed by atoms with van der Waals surface area (Å²) in [4.78, 5) is 14.0. The van der Waals surface area contributed by atoms with Gasteiger partial charge in [-0.2, -0.15) is 13.2 Å². The Morgan fingerprint density at radius 2 is 1.95 bits per heavy atom. The lowest BCUT2D eigenvalue weighted by Gasteiger charge is -2.37. The van der Waals surface area contributed by atoms with Crippen molar-refractivity contribution in [3.63, 3.8) is 0 Å². The molecule has 1 heterocycles. The molecule has 3 unspecified atom stereocenters. The number of nitrogens with zero attached hydrogens (tertiary/aromatic N) is 1. The molecule has 2 aliphatic rings. The van der Waals surface area contributed by atoms with Crippen molar-refractivity contribution in [2.24, 2.45) is 17.8 Å². The summed E-state index contributed by atoms with van der Waals surface area (Å²) in [5.74, 6) is -1.89. The number of amides is 1. The summed E-state index contributed by atoms with van der Waals surface area (Å²) in [6.07, 6.45) is -1.37. The van der Waals surface area contributed by atoms with Crippen molar-refractivity contribution in [1.82, 2.24) is 4.90 Å². The molecule has 1 amide bonds. The second kappa shape index (κ2) is 6.33. The molecule has 1 N–H and O–H groups in total. The highest BCUT2D eigenvalue weighted by Crippen LogP contribution is 2.40. The molecule has 2 fully saturated rings. The monoisotopic (exact) mass is 293 g/mol. The first kappa shape index (κ1) is 15.6. The number of hydrogen-bond acceptors (Lipinski definition) is 2. The van der Waals surface area contributed by atoms with E-state index in [9.17, 15) is 18.0 Å². The minimum atomic E-state index is -4.19. The van der Waals surface area contributed by atoms with Crippen molar-refractivity contribution in [2.45, 2.75) is 44.7 Å². The number of alkyl halides is 3. The van der Waals surface area contributed by atoms with Gasteiger partial charge in [-0.15, -0.1) is 0 Å². The summed E-state index contributed by atoms with van der Waals surface area (Å²) in [7, 11) is 0. The Morgan fingerprint density at radius 1 is 1.20 bits per heavy atom. The van der Waals surface area contributed by atoms with Gasteiger partial charge in [-0.1, -0.05) is 6.42 Å². The maximum absolute atomic E-state index is 12.8. The molecule has 1 aliphatic heterocycles. The van der Waals surface area contributed by atoms with Crippen molar-refractivity contribution in [3.05, 3.63) is 0 Å². The van der Waals surface area contributed by atoms with Crippen molar-refractivity contribution in [2.75, 3.05) is 19.7 Å². The average Bonchev–Trinajstić information content (AvgIpc) is 2.46. The minimum Gasteiger partial charge on any atom is -0.396 e. The number of halogens is 3. The number of aliphatic hydroxyl groups excluding tert-OH is 1. The lowest BCUT2D eigenvalue weighted by molar-refractivity contribution is -0.187. The fourth-order valence-corrected chi connectivity index (χ4v) is 3.38. The summed E-state index contributed by atoms with van der Waals surface area (Å²) in [6.45, 7) is 1.14. The standard InChI is InChI=1S/C14H22F3NO2/c15-14(16,17)12-5-1-4-11(7-12)13(20)18-6-2-3-10(8-18)9-19/h10-12,19H,1-9H2. The predicted molar refractivity (Wildman–Crippen MR) is 67.9 cm³/mol. The van der Waals surface area contributed by atoms with Crippen LogP contribution in [0.5, 0.6) is 0 Å². The van der Waals surface area contributed by atoms with E-state index in [-0.39, 0.29) is 31.3 Å². The zero-order chi connectivity index (χ0) is 14.8. The van der Waals surface area contributed by atoms with Gasteiger partial charge in [0, 0.05) is 25.6 Å². The van der Waals surface area contributed by atoms with E-state index in [1.807, 2.05) is 0 Å². The molecule has 3 atom stereocenters. The molecule has 1 saturated carbocycles. The number of likely N-dealkylation sites (tertiary alicyclic amines) is 1. The first-order chi connectivity index (χ1) is 9.41. The van der Waals surface area contributed by atoms with Crippen LogP contribution in [-0.2, 0) is 4.79 Å². The molecule has 0 bridgehead atoms. The Morgan fingerprint density at radius 3 is 2.60 bits per heavy atom. The minimum absolute atomic E-state index is 0.0413. The molecule has 0 aromatic heterocycles. The van der Waals surface area contributed by atoms with Gasteiger partial charge >= 0.3 is 6.18 Å². The number of aliphatic hydroxyl groups is 1. The fourth-order valence-electron chi connectivity index (χ4n) is 3.38. The molecule has 0 aromatic carbocycles. The topological polar surface area (TPSA) is 40.5 Å². The number of rotatable bonds is 2. The maximum atomic E-state index is 12.8. The molecule has 1 aliphatic carbocycles. The zero-order valence-electron chi connectivity index (χ0n) is 11.5. The molecule has 1 saturated heterocycles. The van der Waals surface area contributed by atoms with Crippen molar-refractivity contribution in [1.29, 1.82) is 0 Å². The Kier molecular flexibility index (Phi) is 4.94. The molecule has 3 nitrogen and oxygen atoms in total. The Balaban J connectivity index is 1.94. The van der Waals surface area contributed by atoms with Crippen molar-refractivity contribution >= 4 is 5.91 Å². The summed E-state index contributed by atoms with van der Waals surface area (Å²) in [5.41, 5.74) is 0. The van der Waals surface area contributed by atoms with Crippen LogP contribution in [0, 0.1) is 17.8 Å². The highest BCUT2D eigenvalue weighted by molar-refractivity contribution is 5.79. The van der Waals surface area contributed by atoms with E-state index in [1.165, 1.54) is 0 Å². The Labute approximate surface area is 117 Å². The number of carbonyl (C=O) groups excluding carboxylic acids is 1. The van der Waals surface area contributed by atoms with Crippen LogP contribution in [0.15, 0.2) is 0 Å². The molecule has 0 aromatic rings. The first-order valence-corrected chi connectivity index (χ1v) is 7.38. The van der Waals surface area contributed by atoms with Crippen LogP contribution in [0.1, 0.15) is 38.5 Å². The van der Waals surface area contributed by atoms with E-state index in [0.29, 0.717) is 25.9 Å². The normalized spacial score (nSPS) is 32.2. The largest absolute Gasteiger partial charge is 0.396 e. The van der Waals surface area contributed by atoms with Gasteiger partial charge in [0.15, 0.2) is 0 Å². The quantitative estimate of drug-likeness (QED) is 0.850. The van der Waals surface area contributed by atoms with E-state index < -0.39 is 18.0 Å². The van der Waals surface area contributed by atoms with Crippen LogP contribution in [0.25, 0.3) is 0 Å². The summed E-state index contributed by atoms with van der Waals surface area (Å²) >= 11 is 0. The first-order valence-electron chi connectivity index (χ1n) is 7.38. The van der Waals surface area contributed by atoms with Gasteiger partial charge in [0.05, 0.1) is 5.92 Å². The second-order valence-corrected chi connectivity index (χ2v) is 6.08. The Bertz CT molecular complexity index is 346. The number of carbonyl (C=O) groups is 1. The molecular weight excluding hydrogens is 271 g/mol. The van der Waals surface area contributed by atoms with E-state index in [2.05, 4.69) is 0 Å². The van der Waals surface area contributed by atoms with E-state index in [0.717, 1.165) is 12.8 Å². The second-order valence-electron chi connectivity index (χ2n) is 6.08. The van der Waals surface area contributed by atoms with E-state index in [4.69, 9.17) is 5.11 Å². The Hall–Kier alpha value is -0.780. The lowest BCUT2D eigenvalue weighted by Crippen LogP contribution is -2.45. The van der Waals surface area contributed by atoms with Crippen LogP contribution < -0.4 is 0 Å². The highest BCUT2D eigenvalue weighted by atomic mass is 19.4. The van der Waals surface area contributed by atoms with Crippen LogP contribution >= 0.6 is 0 Å².